The van der Waals surface area contributed by atoms with Crippen LogP contribution in [0.2, 0.25) is 10.0 Å². The van der Waals surface area contributed by atoms with Gasteiger partial charge in [-0.3, -0.25) is 13.9 Å². The number of sulfonamides is 1. The van der Waals surface area contributed by atoms with Crippen LogP contribution in [0.25, 0.3) is 0 Å². The quantitative estimate of drug-likeness (QED) is 0.293. The molecule has 1 fully saturated rings. The predicted molar refractivity (Wildman–Crippen MR) is 159 cm³/mol. The first-order valence-electron chi connectivity index (χ1n) is 13.4. The zero-order valence-electron chi connectivity index (χ0n) is 22.6. The molecule has 2 amide bonds. The van der Waals surface area contributed by atoms with Gasteiger partial charge in [0.2, 0.25) is 11.8 Å². The molecule has 1 N–H and O–H groups in total. The van der Waals surface area contributed by atoms with E-state index in [1.807, 2.05) is 0 Å². The Morgan fingerprint density at radius 1 is 0.976 bits per heavy atom. The Morgan fingerprint density at radius 2 is 1.63 bits per heavy atom. The van der Waals surface area contributed by atoms with Gasteiger partial charge in [-0.1, -0.05) is 72.8 Å². The second kappa shape index (κ2) is 13.7. The van der Waals surface area contributed by atoms with Crippen LogP contribution in [-0.2, 0) is 26.2 Å². The maximum atomic E-state index is 14.0. The lowest BCUT2D eigenvalue weighted by Gasteiger charge is -2.33. The van der Waals surface area contributed by atoms with E-state index in [0.29, 0.717) is 10.6 Å². The van der Waals surface area contributed by atoms with Crippen LogP contribution in [-0.4, -0.2) is 43.8 Å². The van der Waals surface area contributed by atoms with Crippen molar-refractivity contribution in [2.24, 2.45) is 0 Å². The van der Waals surface area contributed by atoms with Gasteiger partial charge >= 0.3 is 0 Å². The molecule has 0 spiro atoms. The van der Waals surface area contributed by atoms with Crippen LogP contribution in [0.3, 0.4) is 0 Å². The summed E-state index contributed by atoms with van der Waals surface area (Å²) >= 11 is 12.5. The summed E-state index contributed by atoms with van der Waals surface area (Å²) in [6.07, 6.45) is 4.89. The Morgan fingerprint density at radius 3 is 2.27 bits per heavy atom. The number of carbonyl (C=O) groups is 2. The molecule has 0 radical (unpaired) electrons. The minimum Gasteiger partial charge on any atom is -0.352 e. The molecule has 0 aliphatic heterocycles. The van der Waals surface area contributed by atoms with Crippen LogP contribution >= 0.6 is 23.2 Å². The summed E-state index contributed by atoms with van der Waals surface area (Å²) in [5.41, 5.74) is 0.647. The lowest BCUT2D eigenvalue weighted by atomic mass is 9.95. The molecule has 3 aromatic carbocycles. The SMILES string of the molecule is CC(C(=O)NC1CCCCC1)N(Cc1ccc(F)cc1)C(=O)CN(c1ccc(Cl)cc1Cl)S(=O)(=O)c1ccccc1. The van der Waals surface area contributed by atoms with Crippen molar-refractivity contribution in [1.82, 2.24) is 10.2 Å². The van der Waals surface area contributed by atoms with Gasteiger partial charge in [0.05, 0.1) is 15.6 Å². The Hall–Kier alpha value is -3.14. The van der Waals surface area contributed by atoms with E-state index >= 15 is 0 Å². The van der Waals surface area contributed by atoms with E-state index in [1.165, 1.54) is 59.5 Å². The largest absolute Gasteiger partial charge is 0.352 e. The number of benzene rings is 3. The fraction of sp³-hybridized carbons (Fsp3) is 0.333. The van der Waals surface area contributed by atoms with Gasteiger partial charge in [0, 0.05) is 17.6 Å². The van der Waals surface area contributed by atoms with Crippen LogP contribution in [0.4, 0.5) is 10.1 Å². The van der Waals surface area contributed by atoms with Gasteiger partial charge in [0.1, 0.15) is 18.4 Å². The second-order valence-corrected chi connectivity index (χ2v) is 12.8. The molecule has 11 heteroatoms. The van der Waals surface area contributed by atoms with E-state index in [9.17, 15) is 22.4 Å². The highest BCUT2D eigenvalue weighted by molar-refractivity contribution is 7.92. The van der Waals surface area contributed by atoms with Crippen LogP contribution in [0.1, 0.15) is 44.6 Å². The average Bonchev–Trinajstić information content (AvgIpc) is 2.96. The molecule has 1 aliphatic rings. The van der Waals surface area contributed by atoms with Crippen LogP contribution in [0.15, 0.2) is 77.7 Å². The Kier molecular flexibility index (Phi) is 10.3. The van der Waals surface area contributed by atoms with Crippen LogP contribution in [0, 0.1) is 5.82 Å². The van der Waals surface area contributed by atoms with Crippen molar-refractivity contribution < 1.29 is 22.4 Å². The summed E-state index contributed by atoms with van der Waals surface area (Å²) in [5, 5.41) is 3.38. The monoisotopic (exact) mass is 619 g/mol. The summed E-state index contributed by atoms with van der Waals surface area (Å²) in [5.74, 6) is -1.41. The molecule has 3 aromatic rings. The van der Waals surface area contributed by atoms with Crippen LogP contribution < -0.4 is 9.62 Å². The smallest absolute Gasteiger partial charge is 0.264 e. The van der Waals surface area contributed by atoms with Crippen LogP contribution in [0.5, 0.6) is 0 Å². The minimum atomic E-state index is -4.26. The normalized spacial score (nSPS) is 14.7. The molecule has 41 heavy (non-hydrogen) atoms. The number of nitrogens with one attached hydrogen (secondary N) is 1. The highest BCUT2D eigenvalue weighted by Crippen LogP contribution is 2.33. The summed E-state index contributed by atoms with van der Waals surface area (Å²) in [7, 11) is -4.26. The Labute approximate surface area is 250 Å². The maximum Gasteiger partial charge on any atom is 0.264 e. The molecule has 0 heterocycles. The number of hydrogen-bond donors (Lipinski definition) is 1. The molecule has 1 saturated carbocycles. The fourth-order valence-electron chi connectivity index (χ4n) is 4.85. The molecular formula is C30H32Cl2FN3O4S. The molecule has 1 atom stereocenters. The molecular weight excluding hydrogens is 588 g/mol. The average molecular weight is 621 g/mol. The van der Waals surface area contributed by atoms with E-state index in [4.69, 9.17) is 23.2 Å². The number of amides is 2. The third-order valence-electron chi connectivity index (χ3n) is 7.17. The standard InChI is InChI=1S/C30H32Cl2FN3O4S/c1-21(30(38)34-25-8-4-2-5-9-25)35(19-22-12-15-24(33)16-13-22)29(37)20-36(28-17-14-23(31)18-27(28)32)41(39,40)26-10-6-3-7-11-26/h3,6-7,10-18,21,25H,2,4-5,8-9,19-20H2,1H3,(H,34,38). The van der Waals surface area contributed by atoms with Gasteiger partial charge in [-0.2, -0.15) is 0 Å². The number of carbonyl (C=O) groups excluding carboxylic acids is 2. The lowest BCUT2D eigenvalue weighted by molar-refractivity contribution is -0.139. The van der Waals surface area contributed by atoms with Crippen molar-refractivity contribution in [2.75, 3.05) is 10.8 Å². The van der Waals surface area contributed by atoms with Crippen molar-refractivity contribution >= 4 is 50.7 Å². The highest BCUT2D eigenvalue weighted by Gasteiger charge is 2.34. The lowest BCUT2D eigenvalue weighted by Crippen LogP contribution is -2.53. The van der Waals surface area contributed by atoms with Crippen molar-refractivity contribution in [3.8, 4) is 0 Å². The summed E-state index contributed by atoms with van der Waals surface area (Å²) in [6.45, 7) is 0.928. The molecule has 218 valence electrons. The molecule has 1 aliphatic carbocycles. The predicted octanol–water partition coefficient (Wildman–Crippen LogP) is 6.19. The van der Waals surface area contributed by atoms with Gasteiger partial charge in [-0.25, -0.2) is 12.8 Å². The van der Waals surface area contributed by atoms with E-state index in [2.05, 4.69) is 5.32 Å². The van der Waals surface area contributed by atoms with Gasteiger partial charge in [-0.15, -0.1) is 0 Å². The Balaban J connectivity index is 1.69. The van der Waals surface area contributed by atoms with Crippen molar-refractivity contribution in [1.29, 1.82) is 0 Å². The molecule has 0 saturated heterocycles. The number of hydrogen-bond acceptors (Lipinski definition) is 4. The van der Waals surface area contributed by atoms with Crippen molar-refractivity contribution in [3.05, 3.63) is 94.2 Å². The van der Waals surface area contributed by atoms with E-state index in [-0.39, 0.29) is 34.1 Å². The van der Waals surface area contributed by atoms with Crippen molar-refractivity contribution in [2.45, 2.75) is 62.6 Å². The molecule has 1 unspecified atom stereocenters. The first kappa shape index (κ1) is 30.8. The molecule has 0 bridgehead atoms. The third-order valence-corrected chi connectivity index (χ3v) is 9.49. The van der Waals surface area contributed by atoms with Gasteiger partial charge < -0.3 is 10.2 Å². The van der Waals surface area contributed by atoms with Gasteiger partial charge in [0.15, 0.2) is 0 Å². The zero-order valence-corrected chi connectivity index (χ0v) is 24.9. The molecule has 7 nitrogen and oxygen atoms in total. The topological polar surface area (TPSA) is 86.8 Å². The van der Waals surface area contributed by atoms with E-state index < -0.39 is 34.3 Å². The number of anilines is 1. The zero-order chi connectivity index (χ0) is 29.6. The Bertz CT molecular complexity index is 1470. The van der Waals surface area contributed by atoms with E-state index in [1.54, 1.807) is 25.1 Å². The summed E-state index contributed by atoms with van der Waals surface area (Å²) in [4.78, 5) is 28.6. The minimum absolute atomic E-state index is 0.0179. The fourth-order valence-corrected chi connectivity index (χ4v) is 6.87. The van der Waals surface area contributed by atoms with E-state index in [0.717, 1.165) is 36.4 Å². The number of nitrogens with zero attached hydrogens (tertiary/aromatic N) is 2. The first-order chi connectivity index (χ1) is 19.6. The maximum absolute atomic E-state index is 14.0. The molecule has 0 aromatic heterocycles. The molecule has 4 rings (SSSR count). The van der Waals surface area contributed by atoms with Gasteiger partial charge in [-0.05, 0) is 67.8 Å². The summed E-state index contributed by atoms with van der Waals surface area (Å²) < 4.78 is 42.2. The first-order valence-corrected chi connectivity index (χ1v) is 15.6. The highest BCUT2D eigenvalue weighted by atomic mass is 35.5. The second-order valence-electron chi connectivity index (χ2n) is 10.1. The summed E-state index contributed by atoms with van der Waals surface area (Å²) in [6, 6.07) is 16.7. The van der Waals surface area contributed by atoms with Gasteiger partial charge in [0.25, 0.3) is 10.0 Å². The third kappa shape index (κ3) is 7.78. The van der Waals surface area contributed by atoms with Crippen molar-refractivity contribution in [3.63, 3.8) is 0 Å². The number of rotatable bonds is 10. The number of halogens is 3.